The molecular formula is C17H19N3O4. The fourth-order valence-electron chi connectivity index (χ4n) is 2.56. The lowest BCUT2D eigenvalue weighted by atomic mass is 10.2. The van der Waals surface area contributed by atoms with Gasteiger partial charge in [-0.1, -0.05) is 12.1 Å². The molecule has 1 fully saturated rings. The topological polar surface area (TPSA) is 90.3 Å². The number of hydrogen-bond donors (Lipinski definition) is 1. The van der Waals surface area contributed by atoms with Crippen molar-refractivity contribution >= 4 is 22.8 Å². The standard InChI is InChI=1S/C17H19N3O4/c1-11(12-6-7-12)19-15(21)9-24-16(22)8-20-10-18-14-5-3-2-4-13(14)17(20)23/h2-5,10-12H,6-9H2,1H3,(H,19,21)/t11-/m1/s1. The highest BCUT2D eigenvalue weighted by Crippen LogP contribution is 2.32. The van der Waals surface area contributed by atoms with E-state index in [2.05, 4.69) is 10.3 Å². The second-order valence-corrected chi connectivity index (χ2v) is 6.05. The van der Waals surface area contributed by atoms with Crippen LogP contribution in [0.25, 0.3) is 10.9 Å². The number of carbonyl (C=O) groups is 2. The third-order valence-electron chi connectivity index (χ3n) is 4.11. The minimum atomic E-state index is -0.650. The number of nitrogens with one attached hydrogen (secondary N) is 1. The molecule has 1 aromatic heterocycles. The van der Waals surface area contributed by atoms with Gasteiger partial charge in [-0.25, -0.2) is 4.98 Å². The maximum atomic E-state index is 12.3. The summed E-state index contributed by atoms with van der Waals surface area (Å²) in [6, 6.07) is 7.00. The van der Waals surface area contributed by atoms with Crippen molar-refractivity contribution in [2.45, 2.75) is 32.4 Å². The Hall–Kier alpha value is -2.70. The third kappa shape index (κ3) is 3.79. The van der Waals surface area contributed by atoms with Crippen molar-refractivity contribution in [2.75, 3.05) is 6.61 Å². The number of ether oxygens (including phenoxy) is 1. The summed E-state index contributed by atoms with van der Waals surface area (Å²) in [6.07, 6.45) is 3.55. The number of fused-ring (bicyclic) bond motifs is 1. The zero-order chi connectivity index (χ0) is 17.1. The van der Waals surface area contributed by atoms with Crippen LogP contribution in [0, 0.1) is 5.92 Å². The van der Waals surface area contributed by atoms with Gasteiger partial charge in [0.15, 0.2) is 6.61 Å². The molecule has 0 bridgehead atoms. The van der Waals surface area contributed by atoms with Crippen LogP contribution in [-0.4, -0.2) is 34.1 Å². The van der Waals surface area contributed by atoms with Crippen LogP contribution in [0.3, 0.4) is 0 Å². The SMILES string of the molecule is C[C@@H](NC(=O)COC(=O)Cn1cnc2ccccc2c1=O)C1CC1. The fraction of sp³-hybridized carbons (Fsp3) is 0.412. The van der Waals surface area contributed by atoms with E-state index in [1.54, 1.807) is 24.3 Å². The molecule has 0 unspecified atom stereocenters. The highest BCUT2D eigenvalue weighted by Gasteiger charge is 2.28. The lowest BCUT2D eigenvalue weighted by molar-refractivity contribution is -0.149. The Bertz CT molecular complexity index is 826. The van der Waals surface area contributed by atoms with Gasteiger partial charge in [0.1, 0.15) is 6.54 Å². The number of hydrogen-bond acceptors (Lipinski definition) is 5. The molecule has 126 valence electrons. The largest absolute Gasteiger partial charge is 0.454 e. The lowest BCUT2D eigenvalue weighted by Crippen LogP contribution is -2.37. The molecule has 0 aliphatic heterocycles. The summed E-state index contributed by atoms with van der Waals surface area (Å²) in [6.45, 7) is 1.32. The molecule has 1 amide bonds. The molecule has 0 saturated heterocycles. The molecule has 1 heterocycles. The van der Waals surface area contributed by atoms with Crippen molar-refractivity contribution in [3.05, 3.63) is 40.9 Å². The molecule has 1 atom stereocenters. The Morgan fingerprint density at radius 1 is 1.38 bits per heavy atom. The van der Waals surface area contributed by atoms with Gasteiger partial charge < -0.3 is 10.1 Å². The van der Waals surface area contributed by atoms with Crippen molar-refractivity contribution in [3.63, 3.8) is 0 Å². The van der Waals surface area contributed by atoms with Crippen molar-refractivity contribution < 1.29 is 14.3 Å². The van der Waals surface area contributed by atoms with Crippen LogP contribution in [-0.2, 0) is 20.9 Å². The molecule has 0 radical (unpaired) electrons. The first-order chi connectivity index (χ1) is 11.5. The second-order valence-electron chi connectivity index (χ2n) is 6.05. The van der Waals surface area contributed by atoms with E-state index in [0.717, 1.165) is 12.8 Å². The molecule has 1 saturated carbocycles. The predicted octanol–water partition coefficient (Wildman–Crippen LogP) is 0.854. The van der Waals surface area contributed by atoms with Crippen LogP contribution >= 0.6 is 0 Å². The first-order valence-electron chi connectivity index (χ1n) is 7.94. The monoisotopic (exact) mass is 329 g/mol. The Morgan fingerprint density at radius 2 is 2.12 bits per heavy atom. The molecular weight excluding hydrogens is 310 g/mol. The highest BCUT2D eigenvalue weighted by molar-refractivity contribution is 5.81. The number of carbonyl (C=O) groups excluding carboxylic acids is 2. The zero-order valence-electron chi connectivity index (χ0n) is 13.4. The van der Waals surface area contributed by atoms with Gasteiger partial charge in [-0.2, -0.15) is 0 Å². The van der Waals surface area contributed by atoms with E-state index in [1.165, 1.54) is 10.9 Å². The van der Waals surface area contributed by atoms with Gasteiger partial charge in [-0.05, 0) is 37.8 Å². The Balaban J connectivity index is 1.56. The van der Waals surface area contributed by atoms with Gasteiger partial charge in [0.25, 0.3) is 11.5 Å². The van der Waals surface area contributed by atoms with Gasteiger partial charge in [0.2, 0.25) is 0 Å². The van der Waals surface area contributed by atoms with Gasteiger partial charge in [0, 0.05) is 6.04 Å². The van der Waals surface area contributed by atoms with E-state index in [9.17, 15) is 14.4 Å². The van der Waals surface area contributed by atoms with Gasteiger partial charge in [-0.15, -0.1) is 0 Å². The lowest BCUT2D eigenvalue weighted by Gasteiger charge is -2.13. The number of benzene rings is 1. The number of para-hydroxylation sites is 1. The van der Waals surface area contributed by atoms with Crippen LogP contribution in [0.1, 0.15) is 19.8 Å². The van der Waals surface area contributed by atoms with E-state index in [0.29, 0.717) is 16.8 Å². The maximum Gasteiger partial charge on any atom is 0.326 e. The number of rotatable bonds is 6. The number of nitrogens with zero attached hydrogens (tertiary/aromatic N) is 2. The van der Waals surface area contributed by atoms with Crippen LogP contribution in [0.2, 0.25) is 0 Å². The summed E-state index contributed by atoms with van der Waals surface area (Å²) >= 11 is 0. The van der Waals surface area contributed by atoms with Crippen LogP contribution in [0.4, 0.5) is 0 Å². The summed E-state index contributed by atoms with van der Waals surface area (Å²) in [5.41, 5.74) is 0.255. The van der Waals surface area contributed by atoms with Crippen molar-refractivity contribution in [1.82, 2.24) is 14.9 Å². The smallest absolute Gasteiger partial charge is 0.326 e. The van der Waals surface area contributed by atoms with Gasteiger partial charge >= 0.3 is 5.97 Å². The average molecular weight is 329 g/mol. The molecule has 7 nitrogen and oxygen atoms in total. The summed E-state index contributed by atoms with van der Waals surface area (Å²) in [7, 11) is 0. The summed E-state index contributed by atoms with van der Waals surface area (Å²) in [4.78, 5) is 40.0. The zero-order valence-corrected chi connectivity index (χ0v) is 13.4. The maximum absolute atomic E-state index is 12.3. The average Bonchev–Trinajstić information content (AvgIpc) is 3.41. The molecule has 1 N–H and O–H groups in total. The minimum absolute atomic E-state index is 0.100. The van der Waals surface area contributed by atoms with E-state index in [1.807, 2.05) is 6.92 Å². The summed E-state index contributed by atoms with van der Waals surface area (Å²) < 4.78 is 6.11. The highest BCUT2D eigenvalue weighted by atomic mass is 16.5. The first kappa shape index (κ1) is 16.2. The molecule has 7 heteroatoms. The van der Waals surface area contributed by atoms with E-state index in [-0.39, 0.29) is 30.7 Å². The van der Waals surface area contributed by atoms with Crippen LogP contribution < -0.4 is 10.9 Å². The van der Waals surface area contributed by atoms with Crippen molar-refractivity contribution in [3.8, 4) is 0 Å². The normalized spacial score (nSPS) is 15.0. The summed E-state index contributed by atoms with van der Waals surface area (Å²) in [5.74, 6) is -0.443. The molecule has 0 spiro atoms. The number of aromatic nitrogens is 2. The fourth-order valence-corrected chi connectivity index (χ4v) is 2.56. The second kappa shape index (κ2) is 6.82. The molecule has 1 aliphatic carbocycles. The quantitative estimate of drug-likeness (QED) is 0.794. The number of esters is 1. The van der Waals surface area contributed by atoms with Gasteiger partial charge in [-0.3, -0.25) is 19.0 Å². The summed E-state index contributed by atoms with van der Waals surface area (Å²) in [5, 5.41) is 3.23. The Labute approximate surface area is 138 Å². The Morgan fingerprint density at radius 3 is 2.88 bits per heavy atom. The molecule has 1 aromatic carbocycles. The molecule has 1 aliphatic rings. The van der Waals surface area contributed by atoms with E-state index < -0.39 is 5.97 Å². The van der Waals surface area contributed by atoms with Crippen LogP contribution in [0.5, 0.6) is 0 Å². The Kier molecular flexibility index (Phi) is 4.59. The van der Waals surface area contributed by atoms with E-state index in [4.69, 9.17) is 4.74 Å². The van der Waals surface area contributed by atoms with Crippen LogP contribution in [0.15, 0.2) is 35.4 Å². The van der Waals surface area contributed by atoms with Crippen molar-refractivity contribution in [2.24, 2.45) is 5.92 Å². The third-order valence-corrected chi connectivity index (χ3v) is 4.11. The molecule has 3 rings (SSSR count). The predicted molar refractivity (Wildman–Crippen MR) is 87.3 cm³/mol. The van der Waals surface area contributed by atoms with E-state index >= 15 is 0 Å². The number of amides is 1. The minimum Gasteiger partial charge on any atom is -0.454 e. The van der Waals surface area contributed by atoms with Gasteiger partial charge in [0.05, 0.1) is 17.2 Å². The molecule has 2 aromatic rings. The molecule has 24 heavy (non-hydrogen) atoms. The van der Waals surface area contributed by atoms with Crippen molar-refractivity contribution in [1.29, 1.82) is 0 Å². The first-order valence-corrected chi connectivity index (χ1v) is 7.94.